The van der Waals surface area contributed by atoms with Gasteiger partial charge in [-0.05, 0) is 19.3 Å². The van der Waals surface area contributed by atoms with Gasteiger partial charge >= 0.3 is 0 Å². The Labute approximate surface area is 84.6 Å². The zero-order valence-electron chi connectivity index (χ0n) is 9.35. The zero-order valence-corrected chi connectivity index (χ0v) is 9.35. The molecule has 0 radical (unpaired) electrons. The molecule has 14 heavy (non-hydrogen) atoms. The van der Waals surface area contributed by atoms with E-state index in [2.05, 4.69) is 23.8 Å². The van der Waals surface area contributed by atoms with Gasteiger partial charge in [0.15, 0.2) is 0 Å². The molecule has 3 heteroatoms. The molecule has 0 bridgehead atoms. The van der Waals surface area contributed by atoms with E-state index in [4.69, 9.17) is 0 Å². The first-order valence-corrected chi connectivity index (χ1v) is 5.13. The lowest BCUT2D eigenvalue weighted by molar-refractivity contribution is 0.614. The number of rotatable bonds is 3. The first-order chi connectivity index (χ1) is 6.54. The van der Waals surface area contributed by atoms with Crippen LogP contribution in [-0.4, -0.2) is 9.97 Å². The summed E-state index contributed by atoms with van der Waals surface area (Å²) < 4.78 is 0. The highest BCUT2D eigenvalue weighted by atomic mass is 16.1. The van der Waals surface area contributed by atoms with E-state index >= 15 is 0 Å². The molecule has 0 aromatic carbocycles. The Balaban J connectivity index is 3.10. The summed E-state index contributed by atoms with van der Waals surface area (Å²) in [6.45, 7) is 8.08. The maximum absolute atomic E-state index is 11.5. The number of hydrogen-bond acceptors (Lipinski definition) is 2. The molecule has 78 valence electrons. The fraction of sp³-hybridized carbons (Fsp3) is 0.636. The van der Waals surface area contributed by atoms with Crippen LogP contribution < -0.4 is 5.56 Å². The van der Waals surface area contributed by atoms with E-state index in [-0.39, 0.29) is 5.56 Å². The first-order valence-electron chi connectivity index (χ1n) is 5.13. The molecule has 0 amide bonds. The highest BCUT2D eigenvalue weighted by molar-refractivity contribution is 5.15. The molecule has 0 saturated carbocycles. The molecule has 0 saturated heterocycles. The van der Waals surface area contributed by atoms with E-state index in [1.54, 1.807) is 0 Å². The van der Waals surface area contributed by atoms with Crippen molar-refractivity contribution in [1.29, 1.82) is 0 Å². The second-order valence-corrected chi connectivity index (χ2v) is 4.04. The number of H-pyrrole nitrogens is 1. The molecule has 1 rings (SSSR count). The second kappa shape index (κ2) is 4.40. The highest BCUT2D eigenvalue weighted by Crippen LogP contribution is 2.04. The monoisotopic (exact) mass is 194 g/mol. The minimum Gasteiger partial charge on any atom is -0.310 e. The minimum absolute atomic E-state index is 0.00694. The largest absolute Gasteiger partial charge is 0.310 e. The van der Waals surface area contributed by atoms with Gasteiger partial charge < -0.3 is 4.98 Å². The van der Waals surface area contributed by atoms with E-state index < -0.39 is 0 Å². The Morgan fingerprint density at radius 3 is 2.57 bits per heavy atom. The Bertz CT molecular complexity index is 366. The van der Waals surface area contributed by atoms with Crippen LogP contribution in [-0.2, 0) is 12.8 Å². The van der Waals surface area contributed by atoms with Crippen LogP contribution in [0.2, 0.25) is 0 Å². The van der Waals surface area contributed by atoms with Gasteiger partial charge in [0.1, 0.15) is 5.82 Å². The average molecular weight is 194 g/mol. The first kappa shape index (κ1) is 11.0. The third-order valence-corrected chi connectivity index (χ3v) is 2.24. The van der Waals surface area contributed by atoms with E-state index in [0.29, 0.717) is 5.92 Å². The third-order valence-electron chi connectivity index (χ3n) is 2.24. The van der Waals surface area contributed by atoms with Crippen molar-refractivity contribution in [3.8, 4) is 0 Å². The Hall–Kier alpha value is -1.12. The predicted octanol–water partition coefficient (Wildman–Crippen LogP) is 1.84. The molecule has 0 atom stereocenters. The summed E-state index contributed by atoms with van der Waals surface area (Å²) in [7, 11) is 0. The molecule has 1 heterocycles. The van der Waals surface area contributed by atoms with Gasteiger partial charge in [0, 0.05) is 12.0 Å². The van der Waals surface area contributed by atoms with Crippen LogP contribution in [0.15, 0.2) is 4.79 Å². The van der Waals surface area contributed by atoms with Crippen LogP contribution in [0.1, 0.15) is 37.9 Å². The lowest BCUT2D eigenvalue weighted by atomic mass is 10.1. The number of aromatic amines is 1. The molecule has 1 N–H and O–H groups in total. The number of aromatic nitrogens is 2. The predicted molar refractivity (Wildman–Crippen MR) is 57.5 cm³/mol. The van der Waals surface area contributed by atoms with E-state index in [9.17, 15) is 4.79 Å². The van der Waals surface area contributed by atoms with Gasteiger partial charge in [-0.3, -0.25) is 4.79 Å². The maximum Gasteiger partial charge on any atom is 0.254 e. The second-order valence-electron chi connectivity index (χ2n) is 4.04. The smallest absolute Gasteiger partial charge is 0.254 e. The van der Waals surface area contributed by atoms with E-state index in [1.165, 1.54) is 0 Å². The molecular formula is C11H18N2O. The summed E-state index contributed by atoms with van der Waals surface area (Å²) in [5, 5.41) is 0. The Morgan fingerprint density at radius 1 is 1.43 bits per heavy atom. The molecule has 0 fully saturated rings. The minimum atomic E-state index is 0.00694. The quantitative estimate of drug-likeness (QED) is 0.798. The summed E-state index contributed by atoms with van der Waals surface area (Å²) in [6.07, 6.45) is 1.66. The Kier molecular flexibility index (Phi) is 3.44. The maximum atomic E-state index is 11.5. The van der Waals surface area contributed by atoms with Gasteiger partial charge in [-0.1, -0.05) is 20.8 Å². The fourth-order valence-electron chi connectivity index (χ4n) is 1.46. The molecule has 1 aromatic rings. The summed E-state index contributed by atoms with van der Waals surface area (Å²) in [6, 6.07) is 0. The van der Waals surface area contributed by atoms with Gasteiger partial charge in [-0.2, -0.15) is 0 Å². The molecule has 0 aliphatic carbocycles. The molecule has 0 aliphatic heterocycles. The molecule has 0 aliphatic rings. The fourth-order valence-corrected chi connectivity index (χ4v) is 1.46. The average Bonchev–Trinajstić information content (AvgIpc) is 2.10. The van der Waals surface area contributed by atoms with Crippen LogP contribution in [0.3, 0.4) is 0 Å². The van der Waals surface area contributed by atoms with Crippen molar-refractivity contribution in [2.24, 2.45) is 5.92 Å². The van der Waals surface area contributed by atoms with Crippen molar-refractivity contribution >= 4 is 0 Å². The van der Waals surface area contributed by atoms with Crippen LogP contribution in [0.5, 0.6) is 0 Å². The van der Waals surface area contributed by atoms with Crippen molar-refractivity contribution in [2.75, 3.05) is 0 Å². The highest BCUT2D eigenvalue weighted by Gasteiger charge is 2.06. The van der Waals surface area contributed by atoms with Gasteiger partial charge in [-0.15, -0.1) is 0 Å². The van der Waals surface area contributed by atoms with Gasteiger partial charge in [0.25, 0.3) is 5.56 Å². The Morgan fingerprint density at radius 2 is 2.07 bits per heavy atom. The van der Waals surface area contributed by atoms with Crippen LogP contribution in [0.25, 0.3) is 0 Å². The van der Waals surface area contributed by atoms with Crippen molar-refractivity contribution in [3.05, 3.63) is 27.4 Å². The molecule has 0 spiro atoms. The van der Waals surface area contributed by atoms with Crippen molar-refractivity contribution in [2.45, 2.75) is 40.5 Å². The molecule has 3 nitrogen and oxygen atoms in total. The summed E-state index contributed by atoms with van der Waals surface area (Å²) in [5.41, 5.74) is 1.68. The number of nitrogens with one attached hydrogen (secondary N) is 1. The summed E-state index contributed by atoms with van der Waals surface area (Å²) in [5.74, 6) is 1.33. The van der Waals surface area contributed by atoms with Gasteiger partial charge in [0.2, 0.25) is 0 Å². The van der Waals surface area contributed by atoms with Crippen LogP contribution >= 0.6 is 0 Å². The number of hydrogen-bond donors (Lipinski definition) is 1. The number of nitrogens with zero attached hydrogens (tertiary/aromatic N) is 1. The van der Waals surface area contributed by atoms with Crippen LogP contribution in [0, 0.1) is 12.8 Å². The molecular weight excluding hydrogens is 176 g/mol. The van der Waals surface area contributed by atoms with E-state index in [0.717, 1.165) is 29.9 Å². The molecule has 1 aromatic heterocycles. The normalized spacial score (nSPS) is 10.9. The lowest BCUT2D eigenvalue weighted by Gasteiger charge is -2.07. The standard InChI is InChI=1S/C11H18N2O/c1-5-9-8(4)11(14)13-10(12-9)6-7(2)3/h7H,5-6H2,1-4H3,(H,12,13,14). The van der Waals surface area contributed by atoms with Gasteiger partial charge in [-0.25, -0.2) is 4.98 Å². The SMILES string of the molecule is CCc1nc(CC(C)C)[nH]c(=O)c1C. The van der Waals surface area contributed by atoms with Crippen molar-refractivity contribution < 1.29 is 0 Å². The van der Waals surface area contributed by atoms with Gasteiger partial charge in [0.05, 0.1) is 5.69 Å². The van der Waals surface area contributed by atoms with Crippen molar-refractivity contribution in [3.63, 3.8) is 0 Å². The van der Waals surface area contributed by atoms with Crippen molar-refractivity contribution in [1.82, 2.24) is 9.97 Å². The summed E-state index contributed by atoms with van der Waals surface area (Å²) in [4.78, 5) is 18.8. The summed E-state index contributed by atoms with van der Waals surface area (Å²) >= 11 is 0. The molecule has 0 unspecified atom stereocenters. The van der Waals surface area contributed by atoms with Crippen LogP contribution in [0.4, 0.5) is 0 Å². The number of aryl methyl sites for hydroxylation is 1. The lowest BCUT2D eigenvalue weighted by Crippen LogP contribution is -2.18. The zero-order chi connectivity index (χ0) is 10.7. The third kappa shape index (κ3) is 2.44. The van der Waals surface area contributed by atoms with E-state index in [1.807, 2.05) is 13.8 Å². The topological polar surface area (TPSA) is 45.8 Å².